The molecule has 0 atom stereocenters. The van der Waals surface area contributed by atoms with Crippen molar-refractivity contribution in [1.29, 1.82) is 0 Å². The van der Waals surface area contributed by atoms with Gasteiger partial charge in [0.1, 0.15) is 23.9 Å². The van der Waals surface area contributed by atoms with Gasteiger partial charge >= 0.3 is 0 Å². The smallest absolute Gasteiger partial charge is 0.134 e. The lowest BCUT2D eigenvalue weighted by Crippen LogP contribution is -2.13. The summed E-state index contributed by atoms with van der Waals surface area (Å²) < 4.78 is 5.98. The minimum absolute atomic E-state index is 0.300. The SMILES string of the molecule is CCC(C)(C)Cc1cnc(CCc2ccc(-c3ccccc3OCc3cn[nH]n3)cc2)[nH]1. The Morgan fingerprint density at radius 2 is 1.78 bits per heavy atom. The number of rotatable bonds is 10. The first-order chi connectivity index (χ1) is 15.5. The van der Waals surface area contributed by atoms with Crippen molar-refractivity contribution < 1.29 is 4.74 Å². The van der Waals surface area contributed by atoms with Crippen molar-refractivity contribution in [3.63, 3.8) is 0 Å². The third-order valence-electron chi connectivity index (χ3n) is 5.95. The molecule has 0 radical (unpaired) electrons. The van der Waals surface area contributed by atoms with E-state index in [1.807, 2.05) is 24.4 Å². The predicted molar refractivity (Wildman–Crippen MR) is 126 cm³/mol. The lowest BCUT2D eigenvalue weighted by atomic mass is 9.85. The molecule has 0 aliphatic carbocycles. The van der Waals surface area contributed by atoms with Crippen LogP contribution in [0.4, 0.5) is 0 Å². The number of hydrogen-bond acceptors (Lipinski definition) is 4. The summed E-state index contributed by atoms with van der Waals surface area (Å²) in [5, 5.41) is 10.5. The molecule has 0 aliphatic heterocycles. The zero-order valence-corrected chi connectivity index (χ0v) is 19.1. The Balaban J connectivity index is 1.37. The lowest BCUT2D eigenvalue weighted by Gasteiger charge is -2.21. The van der Waals surface area contributed by atoms with E-state index < -0.39 is 0 Å². The molecule has 0 bridgehead atoms. The molecule has 0 aliphatic rings. The van der Waals surface area contributed by atoms with E-state index in [9.17, 15) is 0 Å². The maximum Gasteiger partial charge on any atom is 0.134 e. The fourth-order valence-corrected chi connectivity index (χ4v) is 3.65. The molecule has 0 unspecified atom stereocenters. The average molecular weight is 430 g/mol. The first kappa shape index (κ1) is 21.8. The van der Waals surface area contributed by atoms with Crippen LogP contribution in [0.2, 0.25) is 0 Å². The van der Waals surface area contributed by atoms with Crippen molar-refractivity contribution in [2.45, 2.75) is 53.1 Å². The van der Waals surface area contributed by atoms with Gasteiger partial charge in [-0.3, -0.25) is 0 Å². The number of nitrogens with zero attached hydrogens (tertiary/aromatic N) is 3. The van der Waals surface area contributed by atoms with Crippen molar-refractivity contribution >= 4 is 0 Å². The van der Waals surface area contributed by atoms with Gasteiger partial charge in [-0.15, -0.1) is 0 Å². The van der Waals surface area contributed by atoms with E-state index in [1.54, 1.807) is 6.20 Å². The second-order valence-electron chi connectivity index (χ2n) is 8.99. The van der Waals surface area contributed by atoms with E-state index in [1.165, 1.54) is 11.3 Å². The number of benzene rings is 2. The number of para-hydroxylation sites is 1. The molecule has 6 heteroatoms. The molecule has 2 heterocycles. The normalized spacial score (nSPS) is 11.6. The number of imidazole rings is 1. The topological polar surface area (TPSA) is 79.5 Å². The second-order valence-corrected chi connectivity index (χ2v) is 8.99. The van der Waals surface area contributed by atoms with Crippen molar-refractivity contribution in [1.82, 2.24) is 25.4 Å². The molecular weight excluding hydrogens is 398 g/mol. The molecule has 166 valence electrons. The summed E-state index contributed by atoms with van der Waals surface area (Å²) in [6.07, 6.45) is 7.71. The van der Waals surface area contributed by atoms with Crippen LogP contribution in [0.15, 0.2) is 60.9 Å². The number of aromatic amines is 2. The molecule has 0 saturated heterocycles. The van der Waals surface area contributed by atoms with Gasteiger partial charge in [0, 0.05) is 23.9 Å². The molecule has 4 rings (SSSR count). The molecule has 4 aromatic rings. The standard InChI is InChI=1S/C26H31N5O/c1-4-26(2,3)15-21-16-27-25(29-21)14-11-19-9-12-20(13-10-19)23-7-5-6-8-24(23)32-18-22-17-28-31-30-22/h5-10,12-13,16-17H,4,11,14-15,18H2,1-3H3,(H,27,29)(H,28,30,31). The molecule has 0 spiro atoms. The third-order valence-corrected chi connectivity index (χ3v) is 5.95. The largest absolute Gasteiger partial charge is 0.487 e. The monoisotopic (exact) mass is 429 g/mol. The number of hydrogen-bond donors (Lipinski definition) is 2. The summed E-state index contributed by atoms with van der Waals surface area (Å²) in [6, 6.07) is 16.8. The number of aromatic nitrogens is 5. The maximum atomic E-state index is 5.98. The van der Waals surface area contributed by atoms with Crippen LogP contribution in [0.3, 0.4) is 0 Å². The van der Waals surface area contributed by atoms with E-state index in [-0.39, 0.29) is 0 Å². The zero-order valence-electron chi connectivity index (χ0n) is 19.1. The van der Waals surface area contributed by atoms with Crippen LogP contribution in [0.1, 0.15) is 50.0 Å². The van der Waals surface area contributed by atoms with Gasteiger partial charge in [-0.25, -0.2) is 4.98 Å². The maximum absolute atomic E-state index is 5.98. The predicted octanol–water partition coefficient (Wildman–Crippen LogP) is 5.54. The minimum atomic E-state index is 0.300. The molecular formula is C26H31N5O. The molecule has 2 N–H and O–H groups in total. The Morgan fingerprint density at radius 1 is 0.969 bits per heavy atom. The van der Waals surface area contributed by atoms with Crippen molar-refractivity contribution in [2.24, 2.45) is 5.41 Å². The summed E-state index contributed by atoms with van der Waals surface area (Å²) >= 11 is 0. The fraction of sp³-hybridized carbons (Fsp3) is 0.346. The third kappa shape index (κ3) is 5.63. The van der Waals surface area contributed by atoms with Crippen LogP contribution in [0, 0.1) is 5.41 Å². The number of H-pyrrole nitrogens is 2. The van der Waals surface area contributed by atoms with E-state index in [0.29, 0.717) is 12.0 Å². The molecule has 32 heavy (non-hydrogen) atoms. The fourth-order valence-electron chi connectivity index (χ4n) is 3.65. The van der Waals surface area contributed by atoms with Gasteiger partial charge in [0.25, 0.3) is 0 Å². The Hall–Kier alpha value is -3.41. The highest BCUT2D eigenvalue weighted by atomic mass is 16.5. The van der Waals surface area contributed by atoms with E-state index in [4.69, 9.17) is 4.74 Å². The Kier molecular flexibility index (Phi) is 6.69. The van der Waals surface area contributed by atoms with Gasteiger partial charge in [-0.2, -0.15) is 15.4 Å². The van der Waals surface area contributed by atoms with Crippen LogP contribution in [0.5, 0.6) is 5.75 Å². The van der Waals surface area contributed by atoms with Crippen LogP contribution in [0.25, 0.3) is 11.1 Å². The van der Waals surface area contributed by atoms with Crippen molar-refractivity contribution in [2.75, 3.05) is 0 Å². The van der Waals surface area contributed by atoms with Gasteiger partial charge in [-0.05, 0) is 35.4 Å². The van der Waals surface area contributed by atoms with Gasteiger partial charge in [0.15, 0.2) is 0 Å². The minimum Gasteiger partial charge on any atom is -0.487 e. The Bertz CT molecular complexity index is 1110. The van der Waals surface area contributed by atoms with Gasteiger partial charge in [0.2, 0.25) is 0 Å². The number of nitrogens with one attached hydrogen (secondary N) is 2. The quantitative estimate of drug-likeness (QED) is 0.347. The van der Waals surface area contributed by atoms with Crippen LogP contribution in [-0.4, -0.2) is 25.4 Å². The molecule has 2 aromatic heterocycles. The van der Waals surface area contributed by atoms with Crippen molar-refractivity contribution in [3.05, 3.63) is 83.7 Å². The molecule has 0 saturated carbocycles. The summed E-state index contributed by atoms with van der Waals surface area (Å²) in [5.74, 6) is 1.89. The average Bonchev–Trinajstić information content (AvgIpc) is 3.49. The molecule has 2 aromatic carbocycles. The van der Waals surface area contributed by atoms with E-state index in [0.717, 1.165) is 54.1 Å². The second kappa shape index (κ2) is 9.81. The molecule has 6 nitrogen and oxygen atoms in total. The van der Waals surface area contributed by atoms with Gasteiger partial charge in [-0.1, -0.05) is 69.7 Å². The lowest BCUT2D eigenvalue weighted by molar-refractivity contribution is 0.302. The summed E-state index contributed by atoms with van der Waals surface area (Å²) in [4.78, 5) is 8.09. The van der Waals surface area contributed by atoms with Crippen molar-refractivity contribution in [3.8, 4) is 16.9 Å². The van der Waals surface area contributed by atoms with Gasteiger partial charge in [0.05, 0.1) is 6.20 Å². The van der Waals surface area contributed by atoms with E-state index >= 15 is 0 Å². The highest BCUT2D eigenvalue weighted by Crippen LogP contribution is 2.30. The highest BCUT2D eigenvalue weighted by Gasteiger charge is 2.17. The number of aryl methyl sites for hydroxylation is 2. The molecule has 0 fully saturated rings. The summed E-state index contributed by atoms with van der Waals surface area (Å²) in [5.41, 5.74) is 5.79. The van der Waals surface area contributed by atoms with Crippen LogP contribution >= 0.6 is 0 Å². The zero-order chi connectivity index (χ0) is 22.4. The first-order valence-electron chi connectivity index (χ1n) is 11.2. The highest BCUT2D eigenvalue weighted by molar-refractivity contribution is 5.70. The first-order valence-corrected chi connectivity index (χ1v) is 11.2. The molecule has 0 amide bonds. The van der Waals surface area contributed by atoms with Gasteiger partial charge < -0.3 is 9.72 Å². The number of ether oxygens (including phenoxy) is 1. The van der Waals surface area contributed by atoms with Crippen LogP contribution < -0.4 is 4.74 Å². The summed E-state index contributed by atoms with van der Waals surface area (Å²) in [6.45, 7) is 7.22. The Labute approximate surface area is 189 Å². The summed E-state index contributed by atoms with van der Waals surface area (Å²) in [7, 11) is 0. The van der Waals surface area contributed by atoms with Crippen LogP contribution in [-0.2, 0) is 25.9 Å². The van der Waals surface area contributed by atoms with E-state index in [2.05, 4.69) is 76.5 Å². The Morgan fingerprint density at radius 3 is 2.53 bits per heavy atom.